The van der Waals surface area contributed by atoms with E-state index in [2.05, 4.69) is 30.1 Å². The molecule has 1 amide bonds. The largest absolute Gasteiger partial charge is 0.490 e. The molecule has 0 saturated heterocycles. The summed E-state index contributed by atoms with van der Waals surface area (Å²) in [6.07, 6.45) is 0. The maximum Gasteiger partial charge on any atom is 0.234 e. The lowest BCUT2D eigenvalue weighted by Gasteiger charge is -2.19. The number of carbonyl (C=O) groups is 1. The molecule has 0 spiro atoms. The van der Waals surface area contributed by atoms with E-state index >= 15 is 0 Å². The zero-order valence-electron chi connectivity index (χ0n) is 16.5. The second-order valence-corrected chi connectivity index (χ2v) is 7.21. The Balaban J connectivity index is 1.80. The Bertz CT molecular complexity index is 783. The van der Waals surface area contributed by atoms with Crippen molar-refractivity contribution in [3.05, 3.63) is 59.7 Å². The second kappa shape index (κ2) is 12.1. The average Bonchev–Trinajstić information content (AvgIpc) is 2.73. The average molecular weight is 398 g/mol. The van der Waals surface area contributed by atoms with Crippen LogP contribution in [-0.4, -0.2) is 42.8 Å². The monoisotopic (exact) mass is 397 g/mol. The third-order valence-electron chi connectivity index (χ3n) is 4.31. The molecular formula is C22H27N3O2S. The van der Waals surface area contributed by atoms with Crippen molar-refractivity contribution in [2.45, 2.75) is 19.6 Å². The van der Waals surface area contributed by atoms with E-state index in [9.17, 15) is 4.79 Å². The second-order valence-electron chi connectivity index (χ2n) is 6.22. The van der Waals surface area contributed by atoms with Gasteiger partial charge in [-0.05, 0) is 42.9 Å². The van der Waals surface area contributed by atoms with Gasteiger partial charge in [0.05, 0.1) is 23.1 Å². The normalized spacial score (nSPS) is 10.5. The number of para-hydroxylation sites is 2. The van der Waals surface area contributed by atoms with Gasteiger partial charge in [0.2, 0.25) is 5.91 Å². The third kappa shape index (κ3) is 7.26. The van der Waals surface area contributed by atoms with Crippen LogP contribution in [0.5, 0.6) is 5.75 Å². The van der Waals surface area contributed by atoms with Gasteiger partial charge in [0, 0.05) is 12.3 Å². The molecule has 5 nitrogen and oxygen atoms in total. The Hall–Kier alpha value is -2.49. The van der Waals surface area contributed by atoms with Gasteiger partial charge in [-0.1, -0.05) is 38.1 Å². The van der Waals surface area contributed by atoms with Crippen LogP contribution in [0, 0.1) is 11.3 Å². The van der Waals surface area contributed by atoms with Crippen molar-refractivity contribution in [1.29, 1.82) is 5.26 Å². The molecule has 0 heterocycles. The highest BCUT2D eigenvalue weighted by atomic mass is 32.2. The predicted molar refractivity (Wildman–Crippen MR) is 116 cm³/mol. The fourth-order valence-corrected chi connectivity index (χ4v) is 3.43. The summed E-state index contributed by atoms with van der Waals surface area (Å²) < 4.78 is 5.88. The van der Waals surface area contributed by atoms with E-state index in [-0.39, 0.29) is 5.91 Å². The summed E-state index contributed by atoms with van der Waals surface area (Å²) in [4.78, 5) is 14.6. The maximum absolute atomic E-state index is 12.3. The van der Waals surface area contributed by atoms with Crippen LogP contribution in [0.3, 0.4) is 0 Å². The smallest absolute Gasteiger partial charge is 0.234 e. The zero-order valence-corrected chi connectivity index (χ0v) is 17.3. The molecule has 0 atom stereocenters. The fourth-order valence-electron chi connectivity index (χ4n) is 2.64. The first-order valence-corrected chi connectivity index (χ1v) is 10.6. The molecular weight excluding hydrogens is 370 g/mol. The molecule has 0 saturated carbocycles. The molecule has 2 aromatic carbocycles. The van der Waals surface area contributed by atoms with E-state index in [0.717, 1.165) is 31.0 Å². The van der Waals surface area contributed by atoms with Crippen molar-refractivity contribution < 1.29 is 9.53 Å². The lowest BCUT2D eigenvalue weighted by atomic mass is 10.2. The summed E-state index contributed by atoms with van der Waals surface area (Å²) in [6.45, 7) is 7.70. The molecule has 148 valence electrons. The third-order valence-corrected chi connectivity index (χ3v) is 5.31. The minimum Gasteiger partial charge on any atom is -0.490 e. The van der Waals surface area contributed by atoms with Crippen LogP contribution in [0.1, 0.15) is 25.0 Å². The van der Waals surface area contributed by atoms with Crippen LogP contribution in [0.4, 0.5) is 5.69 Å². The quantitative estimate of drug-likeness (QED) is 0.617. The number of anilines is 1. The van der Waals surface area contributed by atoms with Crippen LogP contribution >= 0.6 is 11.8 Å². The molecule has 6 heteroatoms. The van der Waals surface area contributed by atoms with Gasteiger partial charge in [0.15, 0.2) is 0 Å². The standard InChI is InChI=1S/C22H27N3O2S/c1-3-25(4-2)13-14-27-21-8-6-5-7-20(21)24-22(26)17-28-16-19-11-9-18(15-23)10-12-19/h5-12H,3-4,13-14,16-17H2,1-2H3,(H,24,26). The summed E-state index contributed by atoms with van der Waals surface area (Å²) in [7, 11) is 0. The first-order chi connectivity index (χ1) is 13.7. The van der Waals surface area contributed by atoms with Crippen LogP contribution in [-0.2, 0) is 10.5 Å². The number of ether oxygens (including phenoxy) is 1. The van der Waals surface area contributed by atoms with Crippen LogP contribution in [0.2, 0.25) is 0 Å². The van der Waals surface area contributed by atoms with Crippen LogP contribution < -0.4 is 10.1 Å². The van der Waals surface area contributed by atoms with Gasteiger partial charge in [-0.15, -0.1) is 11.8 Å². The minimum atomic E-state index is -0.0570. The highest BCUT2D eigenvalue weighted by molar-refractivity contribution is 7.99. The number of amides is 1. The molecule has 0 fully saturated rings. The Morgan fingerprint density at radius 3 is 2.54 bits per heavy atom. The first kappa shape index (κ1) is 21.8. The summed E-state index contributed by atoms with van der Waals surface area (Å²) in [5.74, 6) is 1.72. The SMILES string of the molecule is CCN(CC)CCOc1ccccc1NC(=O)CSCc1ccc(C#N)cc1. The van der Waals surface area contributed by atoms with Gasteiger partial charge in [-0.3, -0.25) is 4.79 Å². The molecule has 0 bridgehead atoms. The maximum atomic E-state index is 12.3. The van der Waals surface area contributed by atoms with Gasteiger partial charge < -0.3 is 15.0 Å². The number of carbonyl (C=O) groups excluding carboxylic acids is 1. The molecule has 0 unspecified atom stereocenters. The molecule has 2 aromatic rings. The number of likely N-dealkylation sites (N-methyl/N-ethyl adjacent to an activating group) is 1. The lowest BCUT2D eigenvalue weighted by Crippen LogP contribution is -2.28. The lowest BCUT2D eigenvalue weighted by molar-refractivity contribution is -0.113. The Morgan fingerprint density at radius 1 is 1.14 bits per heavy atom. The molecule has 0 aliphatic rings. The van der Waals surface area contributed by atoms with Gasteiger partial charge >= 0.3 is 0 Å². The number of nitrogens with one attached hydrogen (secondary N) is 1. The summed E-state index contributed by atoms with van der Waals surface area (Å²) in [5, 5.41) is 11.8. The van der Waals surface area contributed by atoms with Crippen LogP contribution in [0.25, 0.3) is 0 Å². The van der Waals surface area contributed by atoms with Crippen molar-refractivity contribution in [3.8, 4) is 11.8 Å². The molecule has 28 heavy (non-hydrogen) atoms. The minimum absolute atomic E-state index is 0.0570. The van der Waals surface area contributed by atoms with Crippen molar-refractivity contribution in [1.82, 2.24) is 4.90 Å². The number of thioether (sulfide) groups is 1. The van der Waals surface area contributed by atoms with Gasteiger partial charge in [-0.2, -0.15) is 5.26 Å². The highest BCUT2D eigenvalue weighted by Crippen LogP contribution is 2.24. The molecule has 2 rings (SSSR count). The summed E-state index contributed by atoms with van der Waals surface area (Å²) >= 11 is 1.54. The molecule has 0 aliphatic heterocycles. The highest BCUT2D eigenvalue weighted by Gasteiger charge is 2.09. The van der Waals surface area contributed by atoms with Crippen molar-refractivity contribution >= 4 is 23.4 Å². The van der Waals surface area contributed by atoms with Crippen LogP contribution in [0.15, 0.2) is 48.5 Å². The molecule has 0 radical (unpaired) electrons. The van der Waals surface area contributed by atoms with Crippen molar-refractivity contribution in [3.63, 3.8) is 0 Å². The van der Waals surface area contributed by atoms with Crippen molar-refractivity contribution in [2.75, 3.05) is 37.3 Å². The fraction of sp³-hybridized carbons (Fsp3) is 0.364. The first-order valence-electron chi connectivity index (χ1n) is 9.47. The van der Waals surface area contributed by atoms with E-state index in [4.69, 9.17) is 10.00 Å². The van der Waals surface area contributed by atoms with E-state index in [1.165, 1.54) is 11.8 Å². The number of nitriles is 1. The van der Waals surface area contributed by atoms with Gasteiger partial charge in [0.1, 0.15) is 12.4 Å². The Labute approximate surface area is 171 Å². The van der Waals surface area contributed by atoms with Gasteiger partial charge in [-0.25, -0.2) is 0 Å². The van der Waals surface area contributed by atoms with E-state index < -0.39 is 0 Å². The molecule has 0 aromatic heterocycles. The number of nitrogens with zero attached hydrogens (tertiary/aromatic N) is 2. The zero-order chi connectivity index (χ0) is 20.2. The van der Waals surface area contributed by atoms with E-state index in [1.807, 2.05) is 36.4 Å². The summed E-state index contributed by atoms with van der Waals surface area (Å²) in [6, 6.07) is 17.1. The van der Waals surface area contributed by atoms with Crippen molar-refractivity contribution in [2.24, 2.45) is 0 Å². The molecule has 0 aliphatic carbocycles. The Kier molecular flexibility index (Phi) is 9.40. The van der Waals surface area contributed by atoms with Gasteiger partial charge in [0.25, 0.3) is 0 Å². The number of hydrogen-bond acceptors (Lipinski definition) is 5. The Morgan fingerprint density at radius 2 is 1.86 bits per heavy atom. The number of hydrogen-bond donors (Lipinski definition) is 1. The van der Waals surface area contributed by atoms with E-state index in [0.29, 0.717) is 29.4 Å². The van der Waals surface area contributed by atoms with E-state index in [1.54, 1.807) is 12.1 Å². The summed E-state index contributed by atoms with van der Waals surface area (Å²) in [5.41, 5.74) is 2.44. The topological polar surface area (TPSA) is 65.4 Å². The molecule has 1 N–H and O–H groups in total. The number of rotatable bonds is 11. The predicted octanol–water partition coefficient (Wildman–Crippen LogP) is 4.15. The number of benzene rings is 2.